The van der Waals surface area contributed by atoms with Crippen LogP contribution < -0.4 is 16.6 Å². The highest BCUT2D eigenvalue weighted by atomic mass is 32.1. The maximum absolute atomic E-state index is 5.09. The van der Waals surface area contributed by atoms with E-state index in [1.54, 1.807) is 0 Å². The quantitative estimate of drug-likeness (QED) is 0.304. The van der Waals surface area contributed by atoms with Crippen molar-refractivity contribution < 1.29 is 0 Å². The van der Waals surface area contributed by atoms with E-state index in [9.17, 15) is 0 Å². The van der Waals surface area contributed by atoms with Gasteiger partial charge in [0.1, 0.15) is 0 Å². The van der Waals surface area contributed by atoms with Crippen LogP contribution >= 0.6 is 12.2 Å². The van der Waals surface area contributed by atoms with Crippen LogP contribution in [0.3, 0.4) is 0 Å². The predicted octanol–water partition coefficient (Wildman–Crippen LogP) is 0.123. The van der Waals surface area contributed by atoms with E-state index in [2.05, 4.69) is 17.7 Å². The molecule has 58 valence electrons. The van der Waals surface area contributed by atoms with Crippen LogP contribution in [0.5, 0.6) is 0 Å². The van der Waals surface area contributed by atoms with Crippen molar-refractivity contribution in [2.45, 2.75) is 25.8 Å². The lowest BCUT2D eigenvalue weighted by atomic mass is 10.2. The Morgan fingerprint density at radius 2 is 2.30 bits per heavy atom. The molecule has 0 aromatic heterocycles. The van der Waals surface area contributed by atoms with Gasteiger partial charge < -0.3 is 10.7 Å². The van der Waals surface area contributed by atoms with Gasteiger partial charge in [-0.25, -0.2) is 5.84 Å². The zero-order valence-corrected chi connectivity index (χ0v) is 6.87. The van der Waals surface area contributed by atoms with Gasteiger partial charge in [-0.1, -0.05) is 0 Å². The number of hydrazine groups is 1. The van der Waals surface area contributed by atoms with Gasteiger partial charge in [0.2, 0.25) is 0 Å². The molecule has 0 unspecified atom stereocenters. The molecule has 1 aliphatic carbocycles. The summed E-state index contributed by atoms with van der Waals surface area (Å²) in [6.07, 6.45) is 2.64. The lowest BCUT2D eigenvalue weighted by molar-refractivity contribution is 0.582. The van der Waals surface area contributed by atoms with Crippen LogP contribution in [0, 0.1) is 5.92 Å². The zero-order chi connectivity index (χ0) is 7.56. The molecule has 0 amide bonds. The molecule has 1 saturated carbocycles. The monoisotopic (exact) mass is 159 g/mol. The van der Waals surface area contributed by atoms with Crippen molar-refractivity contribution in [2.24, 2.45) is 11.8 Å². The first-order chi connectivity index (χ1) is 4.74. The number of hydrogen-bond acceptors (Lipinski definition) is 2. The molecule has 1 atom stereocenters. The second-order valence-electron chi connectivity index (χ2n) is 2.74. The molecule has 4 heteroatoms. The molecular weight excluding hydrogens is 146 g/mol. The highest BCUT2D eigenvalue weighted by Gasteiger charge is 2.27. The van der Waals surface area contributed by atoms with Crippen LogP contribution in [0.1, 0.15) is 19.8 Å². The third-order valence-electron chi connectivity index (χ3n) is 1.82. The second-order valence-corrected chi connectivity index (χ2v) is 3.15. The summed E-state index contributed by atoms with van der Waals surface area (Å²) in [6, 6.07) is 0.476. The average Bonchev–Trinajstić information content (AvgIpc) is 2.68. The van der Waals surface area contributed by atoms with Gasteiger partial charge >= 0.3 is 0 Å². The van der Waals surface area contributed by atoms with Gasteiger partial charge in [0, 0.05) is 6.04 Å². The Kier molecular flexibility index (Phi) is 2.45. The fraction of sp³-hybridized carbons (Fsp3) is 0.833. The van der Waals surface area contributed by atoms with Gasteiger partial charge in [-0.05, 0) is 37.9 Å². The molecule has 0 aromatic carbocycles. The average molecular weight is 159 g/mol. The second kappa shape index (κ2) is 3.16. The van der Waals surface area contributed by atoms with Crippen molar-refractivity contribution >= 4 is 17.3 Å². The predicted molar refractivity (Wildman–Crippen MR) is 45.2 cm³/mol. The fourth-order valence-electron chi connectivity index (χ4n) is 0.963. The molecule has 0 saturated heterocycles. The van der Waals surface area contributed by atoms with Crippen LogP contribution in [-0.4, -0.2) is 11.2 Å². The maximum atomic E-state index is 5.09. The van der Waals surface area contributed by atoms with E-state index in [1.165, 1.54) is 12.8 Å². The summed E-state index contributed by atoms with van der Waals surface area (Å²) in [6.45, 7) is 2.13. The Hall–Kier alpha value is -0.350. The van der Waals surface area contributed by atoms with E-state index in [4.69, 9.17) is 18.1 Å². The number of nitrogens with one attached hydrogen (secondary N) is 2. The Labute approximate surface area is 66.3 Å². The molecule has 10 heavy (non-hydrogen) atoms. The van der Waals surface area contributed by atoms with E-state index >= 15 is 0 Å². The molecule has 1 fully saturated rings. The Bertz CT molecular complexity index is 133. The van der Waals surface area contributed by atoms with Crippen molar-refractivity contribution in [3.63, 3.8) is 0 Å². The van der Waals surface area contributed by atoms with Crippen molar-refractivity contribution in [3.05, 3.63) is 0 Å². The molecule has 0 bridgehead atoms. The van der Waals surface area contributed by atoms with E-state index in [-0.39, 0.29) is 0 Å². The van der Waals surface area contributed by atoms with Crippen LogP contribution in [0.4, 0.5) is 0 Å². The summed E-state index contributed by atoms with van der Waals surface area (Å²) in [5.74, 6) is 5.90. The first-order valence-electron chi connectivity index (χ1n) is 3.51. The third-order valence-corrected chi connectivity index (χ3v) is 2.05. The number of rotatable bonds is 2. The first kappa shape index (κ1) is 7.75. The summed E-state index contributed by atoms with van der Waals surface area (Å²) < 4.78 is 0. The van der Waals surface area contributed by atoms with Crippen molar-refractivity contribution in [1.29, 1.82) is 0 Å². The van der Waals surface area contributed by atoms with Crippen molar-refractivity contribution in [3.8, 4) is 0 Å². The topological polar surface area (TPSA) is 50.1 Å². The minimum absolute atomic E-state index is 0.476. The standard InChI is InChI=1S/C6H13N3S/c1-4(5-2-3-5)8-6(10)9-7/h4-5H,2-3,7H2,1H3,(H2,8,9,10)/t4-/m1/s1. The molecule has 0 radical (unpaired) electrons. The fourth-order valence-corrected chi connectivity index (χ4v) is 1.15. The van der Waals surface area contributed by atoms with E-state index in [0.717, 1.165) is 5.92 Å². The molecule has 1 aliphatic rings. The Morgan fingerprint density at radius 1 is 1.70 bits per heavy atom. The van der Waals surface area contributed by atoms with Gasteiger partial charge in [0.05, 0.1) is 0 Å². The molecule has 4 N–H and O–H groups in total. The van der Waals surface area contributed by atoms with Crippen LogP contribution in [0.15, 0.2) is 0 Å². The van der Waals surface area contributed by atoms with Gasteiger partial charge in [-0.3, -0.25) is 0 Å². The molecule has 0 aromatic rings. The zero-order valence-electron chi connectivity index (χ0n) is 6.05. The summed E-state index contributed by atoms with van der Waals surface area (Å²) in [5.41, 5.74) is 2.40. The lowest BCUT2D eigenvalue weighted by Crippen LogP contribution is -2.44. The molecule has 0 aliphatic heterocycles. The summed E-state index contributed by atoms with van der Waals surface area (Å²) in [5, 5.41) is 3.63. The van der Waals surface area contributed by atoms with Crippen LogP contribution in [0.2, 0.25) is 0 Å². The highest BCUT2D eigenvalue weighted by Crippen LogP contribution is 2.32. The summed E-state index contributed by atoms with van der Waals surface area (Å²) in [7, 11) is 0. The number of hydrogen-bond donors (Lipinski definition) is 3. The number of thiocarbonyl (C=S) groups is 1. The van der Waals surface area contributed by atoms with Gasteiger partial charge in [-0.2, -0.15) is 0 Å². The largest absolute Gasteiger partial charge is 0.359 e. The maximum Gasteiger partial charge on any atom is 0.180 e. The SMILES string of the molecule is C[C@@H](NC(=S)NN)C1CC1. The van der Waals surface area contributed by atoms with Crippen LogP contribution in [0.25, 0.3) is 0 Å². The van der Waals surface area contributed by atoms with E-state index in [1.807, 2.05) is 0 Å². The smallest absolute Gasteiger partial charge is 0.180 e. The minimum Gasteiger partial charge on any atom is -0.359 e. The van der Waals surface area contributed by atoms with Crippen molar-refractivity contribution in [2.75, 3.05) is 0 Å². The normalized spacial score (nSPS) is 19.8. The first-order valence-corrected chi connectivity index (χ1v) is 3.92. The van der Waals surface area contributed by atoms with Gasteiger partial charge in [0.15, 0.2) is 5.11 Å². The molecular formula is C6H13N3S. The van der Waals surface area contributed by atoms with Gasteiger partial charge in [0.25, 0.3) is 0 Å². The van der Waals surface area contributed by atoms with Gasteiger partial charge in [-0.15, -0.1) is 0 Å². The summed E-state index contributed by atoms with van der Waals surface area (Å²) in [4.78, 5) is 0. The molecule has 0 spiro atoms. The van der Waals surface area contributed by atoms with E-state index in [0.29, 0.717) is 11.2 Å². The molecule has 3 nitrogen and oxygen atoms in total. The molecule has 0 heterocycles. The third kappa shape index (κ3) is 2.11. The minimum atomic E-state index is 0.476. The van der Waals surface area contributed by atoms with Crippen LogP contribution in [-0.2, 0) is 0 Å². The van der Waals surface area contributed by atoms with Crippen molar-refractivity contribution in [1.82, 2.24) is 10.7 Å². The highest BCUT2D eigenvalue weighted by molar-refractivity contribution is 7.80. The summed E-state index contributed by atoms with van der Waals surface area (Å²) >= 11 is 4.83. The Morgan fingerprint density at radius 3 is 2.70 bits per heavy atom. The number of nitrogens with two attached hydrogens (primary N) is 1. The lowest BCUT2D eigenvalue weighted by Gasteiger charge is -2.13. The van der Waals surface area contributed by atoms with E-state index < -0.39 is 0 Å². The Balaban J connectivity index is 2.16. The molecule has 1 rings (SSSR count).